The van der Waals surface area contributed by atoms with Gasteiger partial charge in [0, 0.05) is 5.75 Å². The van der Waals surface area contributed by atoms with Gasteiger partial charge < -0.3 is 4.74 Å². The largest absolute Gasteiger partial charge is 0.468 e. The van der Waals surface area contributed by atoms with Crippen LogP contribution in [0.5, 0.6) is 0 Å². The average Bonchev–Trinajstić information content (AvgIpc) is 2.55. The lowest BCUT2D eigenvalue weighted by molar-refractivity contribution is -0.139. The predicted octanol–water partition coefficient (Wildman–Crippen LogP) is 1.38. The van der Waals surface area contributed by atoms with Crippen LogP contribution >= 0.6 is 23.5 Å². The van der Waals surface area contributed by atoms with E-state index in [1.165, 1.54) is 18.9 Å². The van der Waals surface area contributed by atoms with E-state index in [1.54, 1.807) is 11.8 Å². The third kappa shape index (κ3) is 2.71. The van der Waals surface area contributed by atoms with E-state index < -0.39 is 0 Å². The summed E-state index contributed by atoms with van der Waals surface area (Å²) in [6.45, 7) is 2.71. The average molecular weight is 205 g/mol. The molecule has 0 aromatic carbocycles. The summed E-state index contributed by atoms with van der Waals surface area (Å²) in [7, 11) is 1.41. The SMILES string of the molecule is COC(=O)C(C)SC1=NCCS1. The highest BCUT2D eigenvalue weighted by Crippen LogP contribution is 2.25. The fourth-order valence-corrected chi connectivity index (χ4v) is 2.91. The first-order valence-corrected chi connectivity index (χ1v) is 5.52. The lowest BCUT2D eigenvalue weighted by Gasteiger charge is -2.06. The standard InChI is InChI=1S/C7H11NO2S2/c1-5(6(9)10-2)12-7-8-3-4-11-7/h5H,3-4H2,1-2H3. The van der Waals surface area contributed by atoms with Crippen molar-refractivity contribution in [1.82, 2.24) is 0 Å². The zero-order chi connectivity index (χ0) is 8.97. The Kier molecular flexibility index (Phi) is 3.94. The van der Waals surface area contributed by atoms with E-state index in [-0.39, 0.29) is 11.2 Å². The molecule has 1 rings (SSSR count). The molecule has 12 heavy (non-hydrogen) atoms. The number of thioether (sulfide) groups is 2. The van der Waals surface area contributed by atoms with Gasteiger partial charge in [0.25, 0.3) is 0 Å². The topological polar surface area (TPSA) is 38.7 Å². The number of carbonyl (C=O) groups is 1. The minimum absolute atomic E-state index is 0.139. The molecule has 0 aliphatic carbocycles. The highest BCUT2D eigenvalue weighted by Gasteiger charge is 2.18. The molecule has 0 amide bonds. The van der Waals surface area contributed by atoms with E-state index in [9.17, 15) is 4.79 Å². The highest BCUT2D eigenvalue weighted by molar-refractivity contribution is 8.39. The molecule has 1 unspecified atom stereocenters. The van der Waals surface area contributed by atoms with Crippen molar-refractivity contribution < 1.29 is 9.53 Å². The Bertz CT molecular complexity index is 206. The summed E-state index contributed by atoms with van der Waals surface area (Å²) in [6, 6.07) is 0. The molecule has 0 spiro atoms. The molecule has 0 saturated heterocycles. The maximum Gasteiger partial charge on any atom is 0.318 e. The van der Waals surface area contributed by atoms with Crippen molar-refractivity contribution in [3.05, 3.63) is 0 Å². The van der Waals surface area contributed by atoms with Crippen LogP contribution in [-0.4, -0.2) is 35.0 Å². The van der Waals surface area contributed by atoms with Crippen molar-refractivity contribution in [3.63, 3.8) is 0 Å². The van der Waals surface area contributed by atoms with Crippen molar-refractivity contribution in [2.24, 2.45) is 4.99 Å². The number of nitrogens with zero attached hydrogens (tertiary/aromatic N) is 1. The Labute approximate surface area is 80.3 Å². The summed E-state index contributed by atoms with van der Waals surface area (Å²) in [6.07, 6.45) is 0. The van der Waals surface area contributed by atoms with Crippen LogP contribution in [0.25, 0.3) is 0 Å². The molecular formula is C7H11NO2S2. The molecule has 1 aliphatic rings. The van der Waals surface area contributed by atoms with Crippen LogP contribution in [0.2, 0.25) is 0 Å². The first-order chi connectivity index (χ1) is 5.74. The summed E-state index contributed by atoms with van der Waals surface area (Å²) in [5.74, 6) is 0.853. The van der Waals surface area contributed by atoms with Gasteiger partial charge >= 0.3 is 5.97 Å². The van der Waals surface area contributed by atoms with Crippen LogP contribution in [0.3, 0.4) is 0 Å². The van der Waals surface area contributed by atoms with Gasteiger partial charge in [-0.25, -0.2) is 0 Å². The van der Waals surface area contributed by atoms with Gasteiger partial charge in [-0.15, -0.1) is 0 Å². The Balaban J connectivity index is 2.34. The minimum Gasteiger partial charge on any atom is -0.468 e. The Morgan fingerprint density at radius 2 is 2.58 bits per heavy atom. The van der Waals surface area contributed by atoms with Gasteiger partial charge in [-0.2, -0.15) is 0 Å². The van der Waals surface area contributed by atoms with Crippen molar-refractivity contribution in [3.8, 4) is 0 Å². The third-order valence-corrected chi connectivity index (χ3v) is 3.65. The van der Waals surface area contributed by atoms with Crippen molar-refractivity contribution in [1.29, 1.82) is 0 Å². The number of carbonyl (C=O) groups excluding carboxylic acids is 1. The molecular weight excluding hydrogens is 194 g/mol. The molecule has 0 N–H and O–H groups in total. The van der Waals surface area contributed by atoms with E-state index in [0.717, 1.165) is 16.7 Å². The third-order valence-electron chi connectivity index (χ3n) is 1.37. The number of hydrogen-bond acceptors (Lipinski definition) is 5. The molecule has 0 fully saturated rings. The summed E-state index contributed by atoms with van der Waals surface area (Å²) >= 11 is 3.18. The molecule has 5 heteroatoms. The maximum absolute atomic E-state index is 11.0. The van der Waals surface area contributed by atoms with Crippen LogP contribution in [0.1, 0.15) is 6.92 Å². The van der Waals surface area contributed by atoms with Crippen LogP contribution in [0, 0.1) is 0 Å². The van der Waals surface area contributed by atoms with E-state index in [4.69, 9.17) is 0 Å². The van der Waals surface area contributed by atoms with E-state index in [1.807, 2.05) is 6.92 Å². The summed E-state index contributed by atoms with van der Waals surface area (Å²) in [5.41, 5.74) is 0. The van der Waals surface area contributed by atoms with E-state index in [0.29, 0.717) is 0 Å². The smallest absolute Gasteiger partial charge is 0.318 e. The molecule has 0 aromatic heterocycles. The van der Waals surface area contributed by atoms with Gasteiger partial charge in [0.05, 0.1) is 13.7 Å². The van der Waals surface area contributed by atoms with Gasteiger partial charge in [0.15, 0.2) is 0 Å². The molecule has 1 heterocycles. The molecule has 0 saturated carbocycles. The Morgan fingerprint density at radius 3 is 3.08 bits per heavy atom. The number of rotatable bonds is 2. The second-order valence-electron chi connectivity index (χ2n) is 2.28. The molecule has 1 atom stereocenters. The summed E-state index contributed by atoms with van der Waals surface area (Å²) in [4.78, 5) is 15.2. The fourth-order valence-electron chi connectivity index (χ4n) is 0.752. The fraction of sp³-hybridized carbons (Fsp3) is 0.714. The molecule has 3 nitrogen and oxygen atoms in total. The van der Waals surface area contributed by atoms with Crippen LogP contribution in [0.4, 0.5) is 0 Å². The van der Waals surface area contributed by atoms with Crippen molar-refractivity contribution in [2.45, 2.75) is 12.2 Å². The van der Waals surface area contributed by atoms with Gasteiger partial charge in [-0.3, -0.25) is 9.79 Å². The second-order valence-corrected chi connectivity index (χ2v) is 4.95. The normalized spacial score (nSPS) is 18.7. The lowest BCUT2D eigenvalue weighted by Crippen LogP contribution is -2.15. The minimum atomic E-state index is -0.185. The number of aliphatic imine (C=N–C) groups is 1. The molecule has 0 radical (unpaired) electrons. The summed E-state index contributed by atoms with van der Waals surface area (Å²) in [5, 5.41) is -0.139. The number of methoxy groups -OCH3 is 1. The first-order valence-electron chi connectivity index (χ1n) is 3.65. The van der Waals surface area contributed by atoms with Gasteiger partial charge in [0.2, 0.25) is 0 Å². The summed E-state index contributed by atoms with van der Waals surface area (Å²) < 4.78 is 5.61. The zero-order valence-corrected chi connectivity index (χ0v) is 8.70. The van der Waals surface area contributed by atoms with Crippen molar-refractivity contribution >= 4 is 33.9 Å². The lowest BCUT2D eigenvalue weighted by atomic mass is 10.5. The van der Waals surface area contributed by atoms with Crippen LogP contribution in [0.15, 0.2) is 4.99 Å². The van der Waals surface area contributed by atoms with Gasteiger partial charge in [-0.1, -0.05) is 23.5 Å². The van der Waals surface area contributed by atoms with Gasteiger partial charge in [0.1, 0.15) is 9.63 Å². The monoisotopic (exact) mass is 205 g/mol. The number of hydrogen-bond donors (Lipinski definition) is 0. The first kappa shape index (κ1) is 9.92. The number of esters is 1. The van der Waals surface area contributed by atoms with Gasteiger partial charge in [-0.05, 0) is 6.92 Å². The van der Waals surface area contributed by atoms with Crippen LogP contribution < -0.4 is 0 Å². The Morgan fingerprint density at radius 1 is 1.83 bits per heavy atom. The molecule has 0 bridgehead atoms. The van der Waals surface area contributed by atoms with Crippen LogP contribution in [-0.2, 0) is 9.53 Å². The van der Waals surface area contributed by atoms with Crippen molar-refractivity contribution in [2.75, 3.05) is 19.4 Å². The number of ether oxygens (including phenoxy) is 1. The molecule has 1 aliphatic heterocycles. The van der Waals surface area contributed by atoms with E-state index >= 15 is 0 Å². The zero-order valence-electron chi connectivity index (χ0n) is 7.07. The predicted molar refractivity (Wildman–Crippen MR) is 53.8 cm³/mol. The second kappa shape index (κ2) is 4.77. The van der Waals surface area contributed by atoms with E-state index in [2.05, 4.69) is 9.73 Å². The molecule has 68 valence electrons. The Hall–Kier alpha value is -0.160. The quantitative estimate of drug-likeness (QED) is 0.638. The molecule has 0 aromatic rings. The maximum atomic E-state index is 11.0. The highest BCUT2D eigenvalue weighted by atomic mass is 32.2.